The molecule has 1 saturated carbocycles. The molecule has 1 aliphatic carbocycles. The van der Waals surface area contributed by atoms with Crippen molar-refractivity contribution in [2.75, 3.05) is 5.32 Å². The second-order valence-corrected chi connectivity index (χ2v) is 5.15. The summed E-state index contributed by atoms with van der Waals surface area (Å²) < 4.78 is 1.38. The van der Waals surface area contributed by atoms with Gasteiger partial charge in [-0.1, -0.05) is 0 Å². The van der Waals surface area contributed by atoms with Gasteiger partial charge in [0.15, 0.2) is 5.65 Å². The summed E-state index contributed by atoms with van der Waals surface area (Å²) in [7, 11) is 0. The second kappa shape index (κ2) is 3.32. The fourth-order valence-corrected chi connectivity index (χ4v) is 2.12. The van der Waals surface area contributed by atoms with Crippen LogP contribution in [0.25, 0.3) is 5.65 Å². The Balaban J connectivity index is 1.93. The lowest BCUT2D eigenvalue weighted by molar-refractivity contribution is 0.492. The van der Waals surface area contributed by atoms with Crippen molar-refractivity contribution in [1.29, 1.82) is 0 Å². The lowest BCUT2D eigenvalue weighted by Gasteiger charge is -2.26. The number of anilines is 1. The van der Waals surface area contributed by atoms with Crippen molar-refractivity contribution in [1.82, 2.24) is 19.6 Å². The van der Waals surface area contributed by atoms with Crippen LogP contribution in [0.4, 0.5) is 5.82 Å². The molecule has 0 atom stereocenters. The molecule has 2 N–H and O–H groups in total. The molecule has 0 radical (unpaired) electrons. The Hall–Kier alpha value is -1.85. The Morgan fingerprint density at radius 3 is 3.00 bits per heavy atom. The predicted molar refractivity (Wildman–Crippen MR) is 64.0 cm³/mol. The van der Waals surface area contributed by atoms with E-state index in [2.05, 4.69) is 34.3 Å². The van der Waals surface area contributed by atoms with Gasteiger partial charge < -0.3 is 5.32 Å². The first-order valence-corrected chi connectivity index (χ1v) is 5.77. The summed E-state index contributed by atoms with van der Waals surface area (Å²) in [5.41, 5.74) is 0.363. The first-order valence-electron chi connectivity index (χ1n) is 5.77. The highest BCUT2D eigenvalue weighted by Gasteiger charge is 2.37. The lowest BCUT2D eigenvalue weighted by atomic mass is 9.99. The maximum Gasteiger partial charge on any atom is 0.348 e. The minimum Gasteiger partial charge on any atom is -0.365 e. The highest BCUT2D eigenvalue weighted by molar-refractivity contribution is 5.49. The number of aromatic amines is 1. The van der Waals surface area contributed by atoms with E-state index in [1.807, 2.05) is 0 Å². The largest absolute Gasteiger partial charge is 0.365 e. The van der Waals surface area contributed by atoms with E-state index in [9.17, 15) is 4.79 Å². The van der Waals surface area contributed by atoms with Gasteiger partial charge in [0.1, 0.15) is 12.1 Å². The first-order chi connectivity index (χ1) is 8.06. The van der Waals surface area contributed by atoms with Crippen molar-refractivity contribution in [3.63, 3.8) is 0 Å². The van der Waals surface area contributed by atoms with Crippen LogP contribution >= 0.6 is 0 Å². The van der Waals surface area contributed by atoms with Crippen LogP contribution in [0.2, 0.25) is 0 Å². The summed E-state index contributed by atoms with van der Waals surface area (Å²) in [5, 5.41) is 9.71. The molecular weight excluding hydrogens is 218 g/mol. The summed E-state index contributed by atoms with van der Waals surface area (Å²) in [6, 6.07) is 1.78. The van der Waals surface area contributed by atoms with Crippen molar-refractivity contribution in [3.8, 4) is 0 Å². The van der Waals surface area contributed by atoms with Crippen LogP contribution in [0.1, 0.15) is 26.7 Å². The van der Waals surface area contributed by atoms with Crippen LogP contribution in [-0.2, 0) is 0 Å². The molecular formula is C11H15N5O. The number of aromatic nitrogens is 4. The standard InChI is InChI=1S/C11H15N5O/c1-11(2,7-3-4-7)13-8-5-9-14-15-10(17)16(9)6-12-8/h5-7,13H,3-4H2,1-2H3,(H,15,17). The van der Waals surface area contributed by atoms with Crippen LogP contribution in [0.3, 0.4) is 0 Å². The lowest BCUT2D eigenvalue weighted by Crippen LogP contribution is -2.33. The Morgan fingerprint density at radius 1 is 1.53 bits per heavy atom. The number of H-pyrrole nitrogens is 1. The molecule has 6 nitrogen and oxygen atoms in total. The van der Waals surface area contributed by atoms with Crippen LogP contribution < -0.4 is 11.0 Å². The smallest absolute Gasteiger partial charge is 0.348 e. The van der Waals surface area contributed by atoms with E-state index in [0.717, 1.165) is 5.82 Å². The molecule has 0 unspecified atom stereocenters. The molecule has 2 aromatic heterocycles. The van der Waals surface area contributed by atoms with Gasteiger partial charge in [-0.05, 0) is 32.6 Å². The molecule has 6 heteroatoms. The molecule has 0 amide bonds. The quantitative estimate of drug-likeness (QED) is 0.830. The zero-order chi connectivity index (χ0) is 12.0. The number of fused-ring (bicyclic) bond motifs is 1. The molecule has 17 heavy (non-hydrogen) atoms. The second-order valence-electron chi connectivity index (χ2n) is 5.15. The molecule has 2 heterocycles. The van der Waals surface area contributed by atoms with Crippen molar-refractivity contribution in [3.05, 3.63) is 22.9 Å². The van der Waals surface area contributed by atoms with E-state index in [1.165, 1.54) is 23.6 Å². The van der Waals surface area contributed by atoms with Gasteiger partial charge in [-0.25, -0.2) is 19.3 Å². The van der Waals surface area contributed by atoms with Crippen molar-refractivity contribution < 1.29 is 0 Å². The minimum absolute atomic E-state index is 0.0436. The van der Waals surface area contributed by atoms with Gasteiger partial charge >= 0.3 is 5.69 Å². The number of hydrogen-bond acceptors (Lipinski definition) is 4. The highest BCUT2D eigenvalue weighted by Crippen LogP contribution is 2.40. The van der Waals surface area contributed by atoms with E-state index in [1.54, 1.807) is 6.07 Å². The normalized spacial score (nSPS) is 16.4. The molecule has 0 spiro atoms. The maximum absolute atomic E-state index is 11.3. The Morgan fingerprint density at radius 2 is 2.29 bits per heavy atom. The van der Waals surface area contributed by atoms with Gasteiger partial charge in [0.05, 0.1) is 0 Å². The summed E-state index contributed by atoms with van der Waals surface area (Å²) in [6.07, 6.45) is 4.03. The molecule has 1 aliphatic rings. The highest BCUT2D eigenvalue weighted by atomic mass is 16.1. The Kier molecular flexibility index (Phi) is 2.01. The third-order valence-electron chi connectivity index (χ3n) is 3.36. The number of nitrogens with one attached hydrogen (secondary N) is 2. The monoisotopic (exact) mass is 233 g/mol. The van der Waals surface area contributed by atoms with E-state index >= 15 is 0 Å². The van der Waals surface area contributed by atoms with Crippen molar-refractivity contribution in [2.24, 2.45) is 5.92 Å². The van der Waals surface area contributed by atoms with Gasteiger partial charge in [-0.15, -0.1) is 0 Å². The SMILES string of the molecule is CC(C)(Nc1cc2n[nH]c(=O)n2cn1)C1CC1. The van der Waals surface area contributed by atoms with Crippen LogP contribution in [-0.4, -0.2) is 25.1 Å². The summed E-state index contributed by atoms with van der Waals surface area (Å²) in [4.78, 5) is 15.5. The average molecular weight is 233 g/mol. The number of rotatable bonds is 3. The zero-order valence-electron chi connectivity index (χ0n) is 9.90. The van der Waals surface area contributed by atoms with Gasteiger partial charge in [0.2, 0.25) is 0 Å². The zero-order valence-corrected chi connectivity index (χ0v) is 9.90. The van der Waals surface area contributed by atoms with E-state index in [0.29, 0.717) is 11.6 Å². The van der Waals surface area contributed by atoms with Crippen molar-refractivity contribution >= 4 is 11.5 Å². The molecule has 90 valence electrons. The minimum atomic E-state index is -0.263. The number of hydrogen-bond donors (Lipinski definition) is 2. The molecule has 1 fully saturated rings. The third-order valence-corrected chi connectivity index (χ3v) is 3.36. The Bertz CT molecular complexity index is 608. The van der Waals surface area contributed by atoms with E-state index < -0.39 is 0 Å². The molecule has 0 bridgehead atoms. The van der Waals surface area contributed by atoms with Gasteiger partial charge in [-0.3, -0.25) is 0 Å². The summed E-state index contributed by atoms with van der Waals surface area (Å²) >= 11 is 0. The third kappa shape index (κ3) is 1.79. The predicted octanol–water partition coefficient (Wildman–Crippen LogP) is 1.02. The van der Waals surface area contributed by atoms with E-state index in [4.69, 9.17) is 0 Å². The fourth-order valence-electron chi connectivity index (χ4n) is 2.12. The topological polar surface area (TPSA) is 75.1 Å². The average Bonchev–Trinajstić information content (AvgIpc) is 3.05. The summed E-state index contributed by atoms with van der Waals surface area (Å²) in [6.45, 7) is 4.35. The van der Waals surface area contributed by atoms with Crippen LogP contribution in [0.15, 0.2) is 17.2 Å². The first kappa shape index (κ1) is 10.3. The van der Waals surface area contributed by atoms with E-state index in [-0.39, 0.29) is 11.2 Å². The molecule has 0 saturated heterocycles. The Labute approximate surface area is 98.1 Å². The number of nitrogens with zero attached hydrogens (tertiary/aromatic N) is 3. The van der Waals surface area contributed by atoms with Crippen LogP contribution in [0, 0.1) is 5.92 Å². The maximum atomic E-state index is 11.3. The van der Waals surface area contributed by atoms with Gasteiger partial charge in [0.25, 0.3) is 0 Å². The van der Waals surface area contributed by atoms with Crippen LogP contribution in [0.5, 0.6) is 0 Å². The van der Waals surface area contributed by atoms with Crippen molar-refractivity contribution in [2.45, 2.75) is 32.2 Å². The van der Waals surface area contributed by atoms with Gasteiger partial charge in [-0.2, -0.15) is 5.10 Å². The van der Waals surface area contributed by atoms with Gasteiger partial charge in [0, 0.05) is 11.6 Å². The molecule has 0 aromatic carbocycles. The summed E-state index contributed by atoms with van der Waals surface area (Å²) in [5.74, 6) is 1.47. The molecule has 0 aliphatic heterocycles. The molecule has 2 aromatic rings. The fraction of sp³-hybridized carbons (Fsp3) is 0.545. The molecule has 3 rings (SSSR count).